The number of fused-ring (bicyclic) bond motifs is 4. The number of thiophene rings is 8. The van der Waals surface area contributed by atoms with Crippen LogP contribution < -0.4 is 0 Å². The van der Waals surface area contributed by atoms with Gasteiger partial charge in [-0.1, -0.05) is 31.9 Å². The Morgan fingerprint density at radius 2 is 0.750 bits per heavy atom. The normalized spacial score (nSPS) is 12.3. The summed E-state index contributed by atoms with van der Waals surface area (Å²) in [5, 5.41) is -0.261. The molecule has 9 aromatic rings. The van der Waals surface area contributed by atoms with Gasteiger partial charge in [-0.05, 0) is 68.3 Å². The number of benzene rings is 1. The Morgan fingerprint density at radius 1 is 0.386 bits per heavy atom. The van der Waals surface area contributed by atoms with Crippen LogP contribution in [0.2, 0.25) is 0 Å². The summed E-state index contributed by atoms with van der Waals surface area (Å²) in [6.45, 7) is 0. The lowest BCUT2D eigenvalue weighted by Crippen LogP contribution is -1.83. The van der Waals surface area contributed by atoms with Crippen molar-refractivity contribution in [1.82, 2.24) is 0 Å². The highest BCUT2D eigenvalue weighted by Crippen LogP contribution is 2.54. The van der Waals surface area contributed by atoms with Crippen molar-refractivity contribution >= 4 is 192 Å². The van der Waals surface area contributed by atoms with E-state index >= 15 is 0 Å². The fraction of sp³-hybridized carbons (Fsp3) is 0. The number of halogens is 6. The Bertz CT molecular complexity index is 2360. The van der Waals surface area contributed by atoms with Crippen LogP contribution in [0.3, 0.4) is 0 Å². The standard InChI is InChI=1S/C30H8Br4F2S8/c31-11-1-9(27-25(33)29-21(43-27)5-17(41-29)13-3-15-19(37-13)7-23(35)39-15)12(32)2-10(11)28-26(34)30-22(44-28)6-18(42-30)14-4-16-20(38-14)8-24(36)40-16/h1-8H. The second kappa shape index (κ2) is 11.1. The second-order valence-electron chi connectivity index (χ2n) is 9.69. The molecule has 44 heavy (non-hydrogen) atoms. The molecule has 0 fully saturated rings. The molecule has 0 radical (unpaired) electrons. The van der Waals surface area contributed by atoms with Crippen LogP contribution >= 0.6 is 154 Å². The van der Waals surface area contributed by atoms with Crippen LogP contribution in [0.25, 0.3) is 78.0 Å². The van der Waals surface area contributed by atoms with Crippen LogP contribution in [0, 0.1) is 10.3 Å². The molecule has 0 aliphatic carbocycles. The van der Waals surface area contributed by atoms with Crippen molar-refractivity contribution in [3.63, 3.8) is 0 Å². The highest BCUT2D eigenvalue weighted by molar-refractivity contribution is 9.11. The minimum atomic E-state index is -0.130. The van der Waals surface area contributed by atoms with Crippen LogP contribution in [0.4, 0.5) is 8.78 Å². The first-order valence-electron chi connectivity index (χ1n) is 12.5. The number of rotatable bonds is 4. The highest BCUT2D eigenvalue weighted by atomic mass is 79.9. The average Bonchev–Trinajstić information content (AvgIpc) is 3.80. The molecular weight excluding hydrogens is 974 g/mol. The molecular formula is C30H8Br4F2S8. The minimum Gasteiger partial charge on any atom is -0.195 e. The zero-order valence-corrected chi connectivity index (χ0v) is 34.0. The molecule has 1 aromatic carbocycles. The van der Waals surface area contributed by atoms with Gasteiger partial charge in [0.25, 0.3) is 0 Å². The first-order chi connectivity index (χ1) is 21.2. The summed E-state index contributed by atoms with van der Waals surface area (Å²) < 4.78 is 40.4. The van der Waals surface area contributed by atoms with Crippen LogP contribution in [0.1, 0.15) is 0 Å². The van der Waals surface area contributed by atoms with Gasteiger partial charge in [-0.15, -0.1) is 90.7 Å². The van der Waals surface area contributed by atoms with Gasteiger partial charge in [-0.25, -0.2) is 0 Å². The summed E-state index contributed by atoms with van der Waals surface area (Å²) in [5.74, 6) is 0. The average molecular weight is 983 g/mol. The first-order valence-corrected chi connectivity index (χ1v) is 22.2. The Kier molecular flexibility index (Phi) is 7.50. The van der Waals surface area contributed by atoms with Gasteiger partial charge in [0, 0.05) is 79.9 Å². The third-order valence-electron chi connectivity index (χ3n) is 7.00. The zero-order chi connectivity index (χ0) is 30.0. The third kappa shape index (κ3) is 4.80. The lowest BCUT2D eigenvalue weighted by Gasteiger charge is -2.10. The maximum Gasteiger partial charge on any atom is 0.178 e. The highest BCUT2D eigenvalue weighted by Gasteiger charge is 2.23. The summed E-state index contributed by atoms with van der Waals surface area (Å²) >= 11 is 28.4. The van der Waals surface area contributed by atoms with E-state index in [1.165, 1.54) is 70.7 Å². The van der Waals surface area contributed by atoms with Crippen molar-refractivity contribution in [1.29, 1.82) is 0 Å². The van der Waals surface area contributed by atoms with Gasteiger partial charge in [-0.2, -0.15) is 8.78 Å². The molecule has 0 unspecified atom stereocenters. The number of hydrogen-bond donors (Lipinski definition) is 0. The zero-order valence-electron chi connectivity index (χ0n) is 21.2. The predicted octanol–water partition coefficient (Wildman–Crippen LogP) is 16.8. The molecule has 0 atom stereocenters. The summed E-state index contributed by atoms with van der Waals surface area (Å²) in [7, 11) is 0. The van der Waals surface area contributed by atoms with Gasteiger partial charge in [0.15, 0.2) is 10.3 Å². The molecule has 0 saturated carbocycles. The molecule has 0 nitrogen and oxygen atoms in total. The van der Waals surface area contributed by atoms with Crippen LogP contribution in [0.5, 0.6) is 0 Å². The molecule has 14 heteroatoms. The van der Waals surface area contributed by atoms with Crippen LogP contribution in [0.15, 0.2) is 66.4 Å². The lowest BCUT2D eigenvalue weighted by atomic mass is 10.1. The Hall–Kier alpha value is -0.360. The van der Waals surface area contributed by atoms with Crippen molar-refractivity contribution < 1.29 is 8.78 Å². The minimum absolute atomic E-state index is 0.130. The van der Waals surface area contributed by atoms with E-state index in [-0.39, 0.29) is 10.3 Å². The largest absolute Gasteiger partial charge is 0.195 e. The first kappa shape index (κ1) is 29.8. The quantitative estimate of drug-likeness (QED) is 0.165. The molecule has 8 heterocycles. The molecule has 0 saturated heterocycles. The van der Waals surface area contributed by atoms with Gasteiger partial charge in [-0.3, -0.25) is 0 Å². The summed E-state index contributed by atoms with van der Waals surface area (Å²) in [6.07, 6.45) is 0. The van der Waals surface area contributed by atoms with E-state index in [2.05, 4.69) is 100 Å². The van der Waals surface area contributed by atoms with Crippen molar-refractivity contribution in [3.8, 4) is 40.4 Å². The molecule has 0 amide bonds. The lowest BCUT2D eigenvalue weighted by molar-refractivity contribution is 0.658. The van der Waals surface area contributed by atoms with E-state index in [1.54, 1.807) is 80.2 Å². The van der Waals surface area contributed by atoms with Crippen molar-refractivity contribution in [2.24, 2.45) is 0 Å². The molecule has 218 valence electrons. The van der Waals surface area contributed by atoms with E-state index in [4.69, 9.17) is 0 Å². The Morgan fingerprint density at radius 3 is 1.14 bits per heavy atom. The second-order valence-corrected chi connectivity index (χ2v) is 21.4. The van der Waals surface area contributed by atoms with E-state index < -0.39 is 0 Å². The van der Waals surface area contributed by atoms with E-state index in [0.29, 0.717) is 0 Å². The van der Waals surface area contributed by atoms with E-state index in [0.717, 1.165) is 47.8 Å². The van der Waals surface area contributed by atoms with E-state index in [9.17, 15) is 8.78 Å². The summed E-state index contributed by atoms with van der Waals surface area (Å²) in [5.41, 5.74) is 2.25. The van der Waals surface area contributed by atoms with Gasteiger partial charge >= 0.3 is 0 Å². The predicted molar refractivity (Wildman–Crippen MR) is 212 cm³/mol. The molecule has 0 aliphatic rings. The topological polar surface area (TPSA) is 0 Å². The SMILES string of the molecule is Fc1cc2sc(-c3cc4sc(-c5cc(Br)c(-c6sc7cc(-c8cc9sc(F)cc9s8)sc7c6Br)cc5Br)c(Br)c4s3)cc2s1. The fourth-order valence-electron chi connectivity index (χ4n) is 5.06. The van der Waals surface area contributed by atoms with Crippen LogP contribution in [-0.4, -0.2) is 0 Å². The summed E-state index contributed by atoms with van der Waals surface area (Å²) in [4.78, 5) is 7.14. The van der Waals surface area contributed by atoms with Crippen molar-refractivity contribution in [2.75, 3.05) is 0 Å². The Labute approximate surface area is 313 Å². The van der Waals surface area contributed by atoms with Crippen molar-refractivity contribution in [3.05, 3.63) is 76.7 Å². The van der Waals surface area contributed by atoms with Gasteiger partial charge in [0.2, 0.25) is 0 Å². The molecule has 0 N–H and O–H groups in total. The summed E-state index contributed by atoms with van der Waals surface area (Å²) in [6, 6.07) is 16.4. The molecule has 0 aliphatic heterocycles. The van der Waals surface area contributed by atoms with Gasteiger partial charge in [0.1, 0.15) is 0 Å². The maximum absolute atomic E-state index is 13.6. The fourth-order valence-corrected chi connectivity index (χ4v) is 17.7. The molecule has 9 rings (SSSR count). The maximum atomic E-state index is 13.6. The molecule has 8 aromatic heterocycles. The van der Waals surface area contributed by atoms with Crippen LogP contribution in [-0.2, 0) is 0 Å². The van der Waals surface area contributed by atoms with Gasteiger partial charge in [0.05, 0.1) is 28.1 Å². The van der Waals surface area contributed by atoms with E-state index in [1.807, 2.05) is 0 Å². The Balaban J connectivity index is 1.06. The monoisotopic (exact) mass is 978 g/mol. The molecule has 0 spiro atoms. The number of hydrogen-bond acceptors (Lipinski definition) is 8. The van der Waals surface area contributed by atoms with Crippen molar-refractivity contribution in [2.45, 2.75) is 0 Å². The smallest absolute Gasteiger partial charge is 0.178 e. The third-order valence-corrected chi connectivity index (χ3v) is 20.4. The van der Waals surface area contributed by atoms with Gasteiger partial charge < -0.3 is 0 Å². The molecule has 0 bridgehead atoms.